The third-order valence-electron chi connectivity index (χ3n) is 4.11. The number of methoxy groups -OCH3 is 2. The summed E-state index contributed by atoms with van der Waals surface area (Å²) in [5, 5.41) is 0.355. The number of rotatable bonds is 4. The standard InChI is InChI=1S/C19H20ClNO5/c1-21(13-5-6-15(23-2)16(11-13)24-3)19(22)12-9-14(20)18-17(10-12)25-7-4-8-26-18/h5-6,9-11H,4,7-8H2,1-3H3. The number of hydrogen-bond donors (Lipinski definition) is 0. The zero-order valence-electron chi connectivity index (χ0n) is 14.9. The van der Waals surface area contributed by atoms with Gasteiger partial charge in [-0.25, -0.2) is 0 Å². The number of anilines is 1. The van der Waals surface area contributed by atoms with Gasteiger partial charge < -0.3 is 23.8 Å². The molecule has 26 heavy (non-hydrogen) atoms. The van der Waals surface area contributed by atoms with Gasteiger partial charge in [0.25, 0.3) is 5.91 Å². The summed E-state index contributed by atoms with van der Waals surface area (Å²) in [5.41, 5.74) is 1.08. The molecule has 7 heteroatoms. The maximum absolute atomic E-state index is 12.9. The largest absolute Gasteiger partial charge is 0.493 e. The lowest BCUT2D eigenvalue weighted by Crippen LogP contribution is -2.26. The van der Waals surface area contributed by atoms with Crippen molar-refractivity contribution in [2.75, 3.05) is 39.4 Å². The zero-order valence-corrected chi connectivity index (χ0v) is 15.6. The molecular formula is C19H20ClNO5. The van der Waals surface area contributed by atoms with Crippen LogP contribution in [0.2, 0.25) is 5.02 Å². The lowest BCUT2D eigenvalue weighted by molar-refractivity contribution is 0.0992. The van der Waals surface area contributed by atoms with Crippen molar-refractivity contribution in [3.05, 3.63) is 40.9 Å². The molecule has 1 aliphatic rings. The fraction of sp³-hybridized carbons (Fsp3) is 0.316. The first-order valence-corrected chi connectivity index (χ1v) is 8.52. The second-order valence-corrected chi connectivity index (χ2v) is 6.15. The van der Waals surface area contributed by atoms with E-state index in [1.165, 1.54) is 4.90 Å². The molecule has 0 saturated heterocycles. The highest BCUT2D eigenvalue weighted by molar-refractivity contribution is 6.32. The molecule has 0 spiro atoms. The minimum atomic E-state index is -0.227. The molecule has 138 valence electrons. The maximum Gasteiger partial charge on any atom is 0.258 e. The Labute approximate surface area is 157 Å². The lowest BCUT2D eigenvalue weighted by atomic mass is 10.1. The van der Waals surface area contributed by atoms with Gasteiger partial charge in [-0.15, -0.1) is 0 Å². The molecule has 1 aliphatic heterocycles. The van der Waals surface area contributed by atoms with E-state index in [0.29, 0.717) is 52.5 Å². The van der Waals surface area contributed by atoms with Gasteiger partial charge in [0.1, 0.15) is 0 Å². The van der Waals surface area contributed by atoms with E-state index in [1.54, 1.807) is 51.6 Å². The summed E-state index contributed by atoms with van der Waals surface area (Å²) in [6.07, 6.45) is 0.764. The number of fused-ring (bicyclic) bond motifs is 1. The van der Waals surface area contributed by atoms with Crippen LogP contribution in [0.4, 0.5) is 5.69 Å². The molecular weight excluding hydrogens is 358 g/mol. The minimum Gasteiger partial charge on any atom is -0.493 e. The summed E-state index contributed by atoms with van der Waals surface area (Å²) >= 11 is 6.29. The third-order valence-corrected chi connectivity index (χ3v) is 4.39. The average molecular weight is 378 g/mol. The Morgan fingerprint density at radius 3 is 2.54 bits per heavy atom. The van der Waals surface area contributed by atoms with Gasteiger partial charge in [-0.1, -0.05) is 11.6 Å². The average Bonchev–Trinajstić information content (AvgIpc) is 2.92. The number of nitrogens with zero attached hydrogens (tertiary/aromatic N) is 1. The number of carbonyl (C=O) groups is 1. The van der Waals surface area contributed by atoms with Gasteiger partial charge in [0.15, 0.2) is 23.0 Å². The van der Waals surface area contributed by atoms with E-state index < -0.39 is 0 Å². The maximum atomic E-state index is 12.9. The lowest BCUT2D eigenvalue weighted by Gasteiger charge is -2.20. The molecule has 0 aromatic heterocycles. The van der Waals surface area contributed by atoms with E-state index in [0.717, 1.165) is 6.42 Å². The summed E-state index contributed by atoms with van der Waals surface area (Å²) < 4.78 is 21.8. The topological polar surface area (TPSA) is 57.2 Å². The van der Waals surface area contributed by atoms with Gasteiger partial charge in [0.05, 0.1) is 32.5 Å². The van der Waals surface area contributed by atoms with Gasteiger partial charge in [-0.2, -0.15) is 0 Å². The summed E-state index contributed by atoms with van der Waals surface area (Å²) in [6.45, 7) is 1.05. The van der Waals surface area contributed by atoms with Crippen molar-refractivity contribution in [3.63, 3.8) is 0 Å². The van der Waals surface area contributed by atoms with Gasteiger partial charge in [0.2, 0.25) is 0 Å². The Morgan fingerprint density at radius 2 is 1.81 bits per heavy atom. The number of ether oxygens (including phenoxy) is 4. The van der Waals surface area contributed by atoms with Crippen molar-refractivity contribution in [2.45, 2.75) is 6.42 Å². The van der Waals surface area contributed by atoms with E-state index in [-0.39, 0.29) is 5.91 Å². The molecule has 0 N–H and O–H groups in total. The van der Waals surface area contributed by atoms with Crippen LogP contribution in [0.3, 0.4) is 0 Å². The van der Waals surface area contributed by atoms with Crippen molar-refractivity contribution >= 4 is 23.2 Å². The second-order valence-electron chi connectivity index (χ2n) is 5.74. The Bertz CT molecular complexity index is 824. The van der Waals surface area contributed by atoms with Gasteiger partial charge in [0, 0.05) is 30.8 Å². The molecule has 0 aliphatic carbocycles. The van der Waals surface area contributed by atoms with E-state index in [4.69, 9.17) is 30.5 Å². The number of halogens is 1. The molecule has 0 bridgehead atoms. The van der Waals surface area contributed by atoms with Crippen LogP contribution in [0.5, 0.6) is 23.0 Å². The second kappa shape index (κ2) is 7.74. The number of amides is 1. The summed E-state index contributed by atoms with van der Waals surface area (Å²) in [6, 6.07) is 8.52. The normalized spacial score (nSPS) is 12.9. The van der Waals surface area contributed by atoms with Gasteiger partial charge in [-0.3, -0.25) is 4.79 Å². The Morgan fingerprint density at radius 1 is 1.08 bits per heavy atom. The number of hydrogen-bond acceptors (Lipinski definition) is 5. The number of carbonyl (C=O) groups excluding carboxylic acids is 1. The van der Waals surface area contributed by atoms with Crippen LogP contribution in [0.1, 0.15) is 16.8 Å². The third kappa shape index (κ3) is 3.51. The summed E-state index contributed by atoms with van der Waals surface area (Å²) in [5.74, 6) is 1.88. The molecule has 1 amide bonds. The van der Waals surface area contributed by atoms with Crippen LogP contribution in [0.25, 0.3) is 0 Å². The molecule has 3 rings (SSSR count). The predicted octanol–water partition coefficient (Wildman–Crippen LogP) is 3.80. The van der Waals surface area contributed by atoms with Crippen LogP contribution in [0, 0.1) is 0 Å². The molecule has 0 atom stereocenters. The molecule has 0 unspecified atom stereocenters. The Balaban J connectivity index is 1.91. The van der Waals surface area contributed by atoms with Gasteiger partial charge in [-0.05, 0) is 24.3 Å². The monoisotopic (exact) mass is 377 g/mol. The molecule has 2 aromatic carbocycles. The predicted molar refractivity (Wildman–Crippen MR) is 99.3 cm³/mol. The SMILES string of the molecule is COc1ccc(N(C)C(=O)c2cc(Cl)c3c(c2)OCCCO3)cc1OC. The van der Waals surface area contributed by atoms with Crippen LogP contribution >= 0.6 is 11.6 Å². The van der Waals surface area contributed by atoms with Crippen LogP contribution in [0.15, 0.2) is 30.3 Å². The van der Waals surface area contributed by atoms with Crippen LogP contribution < -0.4 is 23.8 Å². The van der Waals surface area contributed by atoms with E-state index in [9.17, 15) is 4.79 Å². The minimum absolute atomic E-state index is 0.227. The summed E-state index contributed by atoms with van der Waals surface area (Å²) in [4.78, 5) is 14.4. The smallest absolute Gasteiger partial charge is 0.258 e. The first-order valence-electron chi connectivity index (χ1n) is 8.14. The highest BCUT2D eigenvalue weighted by Gasteiger charge is 2.21. The van der Waals surface area contributed by atoms with E-state index in [1.807, 2.05) is 0 Å². The molecule has 2 aromatic rings. The quantitative estimate of drug-likeness (QED) is 0.811. The fourth-order valence-corrected chi connectivity index (χ4v) is 2.96. The van der Waals surface area contributed by atoms with Crippen molar-refractivity contribution < 1.29 is 23.7 Å². The van der Waals surface area contributed by atoms with Crippen molar-refractivity contribution in [1.82, 2.24) is 0 Å². The van der Waals surface area contributed by atoms with Crippen molar-refractivity contribution in [3.8, 4) is 23.0 Å². The molecule has 1 heterocycles. The summed E-state index contributed by atoms with van der Waals surface area (Å²) in [7, 11) is 4.79. The van der Waals surface area contributed by atoms with Gasteiger partial charge >= 0.3 is 0 Å². The van der Waals surface area contributed by atoms with E-state index in [2.05, 4.69) is 0 Å². The van der Waals surface area contributed by atoms with Crippen LogP contribution in [-0.2, 0) is 0 Å². The fourth-order valence-electron chi connectivity index (χ4n) is 2.70. The molecule has 6 nitrogen and oxygen atoms in total. The first kappa shape index (κ1) is 18.2. The van der Waals surface area contributed by atoms with Crippen molar-refractivity contribution in [2.24, 2.45) is 0 Å². The molecule has 0 saturated carbocycles. The molecule has 0 radical (unpaired) electrons. The first-order chi connectivity index (χ1) is 12.5. The number of benzene rings is 2. The van der Waals surface area contributed by atoms with E-state index >= 15 is 0 Å². The van der Waals surface area contributed by atoms with Crippen molar-refractivity contribution in [1.29, 1.82) is 0 Å². The molecule has 0 fully saturated rings. The Hall–Kier alpha value is -2.60. The Kier molecular flexibility index (Phi) is 5.42. The highest BCUT2D eigenvalue weighted by atomic mass is 35.5. The van der Waals surface area contributed by atoms with Crippen LogP contribution in [-0.4, -0.2) is 40.4 Å². The zero-order chi connectivity index (χ0) is 18.7. The highest BCUT2D eigenvalue weighted by Crippen LogP contribution is 2.39.